The first-order valence-electron chi connectivity index (χ1n) is 10.8. The van der Waals surface area contributed by atoms with Crippen molar-refractivity contribution in [1.29, 1.82) is 0 Å². The third kappa shape index (κ3) is 6.91. The minimum Gasteiger partial charge on any atom is -0.496 e. The molecule has 0 aliphatic rings. The van der Waals surface area contributed by atoms with E-state index in [-0.39, 0.29) is 22.5 Å². The Bertz CT molecular complexity index is 1150. The average Bonchev–Trinajstić information content (AvgIpc) is 2.80. The fourth-order valence-corrected chi connectivity index (χ4v) is 3.32. The maximum Gasteiger partial charge on any atom is 0.387 e. The van der Waals surface area contributed by atoms with Crippen LogP contribution in [0.3, 0.4) is 0 Å². The molecular weight excluding hydrogens is 438 g/mol. The van der Waals surface area contributed by atoms with Crippen molar-refractivity contribution >= 4 is 11.9 Å². The van der Waals surface area contributed by atoms with Gasteiger partial charge in [0.05, 0.1) is 7.11 Å². The molecule has 0 aromatic heterocycles. The highest BCUT2D eigenvalue weighted by Gasteiger charge is 2.13. The number of allylic oxidation sites excluding steroid dienone is 1. The van der Waals surface area contributed by atoms with Gasteiger partial charge in [0.2, 0.25) is 0 Å². The van der Waals surface area contributed by atoms with Gasteiger partial charge in [0.15, 0.2) is 5.78 Å². The normalized spacial score (nSPS) is 11.6. The van der Waals surface area contributed by atoms with Crippen molar-refractivity contribution < 1.29 is 27.8 Å². The van der Waals surface area contributed by atoms with Crippen LogP contribution in [0, 0.1) is 0 Å². The summed E-state index contributed by atoms with van der Waals surface area (Å²) in [7, 11) is 1.59. The first kappa shape index (κ1) is 25.0. The van der Waals surface area contributed by atoms with Gasteiger partial charge in [-0.25, -0.2) is 0 Å². The minimum absolute atomic E-state index is 0.0614. The second-order valence-corrected chi connectivity index (χ2v) is 8.74. The van der Waals surface area contributed by atoms with E-state index in [1.807, 2.05) is 30.3 Å². The summed E-state index contributed by atoms with van der Waals surface area (Å²) in [6.07, 6.45) is 3.04. The molecule has 0 saturated carbocycles. The number of hydrogen-bond acceptors (Lipinski definition) is 4. The standard InChI is InChI=1S/C28H28F2O4/c1-28(2,3)22-10-12-23(13-11-22)33-18-21-16-19(9-15-26(21)32-4)8-14-25(31)20-6-5-7-24(17-20)34-27(29)30/h5-17,27H,18H2,1-4H3/b14-8+. The largest absolute Gasteiger partial charge is 0.496 e. The maximum absolute atomic E-state index is 12.5. The number of benzene rings is 3. The Hall–Kier alpha value is -3.67. The van der Waals surface area contributed by atoms with Crippen LogP contribution in [-0.4, -0.2) is 19.5 Å². The van der Waals surface area contributed by atoms with Crippen molar-refractivity contribution in [2.45, 2.75) is 39.4 Å². The van der Waals surface area contributed by atoms with E-state index < -0.39 is 6.61 Å². The third-order valence-electron chi connectivity index (χ3n) is 5.19. The lowest BCUT2D eigenvalue weighted by atomic mass is 9.87. The molecule has 0 atom stereocenters. The molecule has 0 bridgehead atoms. The van der Waals surface area contributed by atoms with Crippen LogP contribution in [0.2, 0.25) is 0 Å². The van der Waals surface area contributed by atoms with Gasteiger partial charge in [-0.1, -0.05) is 57.2 Å². The molecule has 34 heavy (non-hydrogen) atoms. The topological polar surface area (TPSA) is 44.8 Å². The van der Waals surface area contributed by atoms with Crippen molar-refractivity contribution in [2.24, 2.45) is 0 Å². The molecule has 0 aliphatic carbocycles. The number of rotatable bonds is 9. The van der Waals surface area contributed by atoms with Crippen LogP contribution in [0.15, 0.2) is 72.8 Å². The maximum atomic E-state index is 12.5. The number of alkyl halides is 2. The number of halogens is 2. The zero-order valence-corrected chi connectivity index (χ0v) is 19.7. The molecule has 0 saturated heterocycles. The summed E-state index contributed by atoms with van der Waals surface area (Å²) in [5.41, 5.74) is 3.14. The summed E-state index contributed by atoms with van der Waals surface area (Å²) in [6, 6.07) is 19.2. The lowest BCUT2D eigenvalue weighted by Crippen LogP contribution is -2.10. The van der Waals surface area contributed by atoms with Crippen LogP contribution < -0.4 is 14.2 Å². The van der Waals surface area contributed by atoms with Gasteiger partial charge < -0.3 is 14.2 Å². The van der Waals surface area contributed by atoms with Gasteiger partial charge in [0, 0.05) is 11.1 Å². The van der Waals surface area contributed by atoms with Crippen molar-refractivity contribution in [3.8, 4) is 17.2 Å². The molecule has 0 radical (unpaired) electrons. The van der Waals surface area contributed by atoms with Crippen LogP contribution in [0.25, 0.3) is 6.08 Å². The molecule has 4 nitrogen and oxygen atoms in total. The second kappa shape index (κ2) is 11.0. The van der Waals surface area contributed by atoms with Gasteiger partial charge in [-0.15, -0.1) is 0 Å². The van der Waals surface area contributed by atoms with Crippen LogP contribution in [0.1, 0.15) is 47.8 Å². The van der Waals surface area contributed by atoms with Gasteiger partial charge >= 0.3 is 6.61 Å². The zero-order valence-electron chi connectivity index (χ0n) is 19.7. The molecule has 178 valence electrons. The first-order valence-corrected chi connectivity index (χ1v) is 10.8. The Balaban J connectivity index is 1.71. The smallest absolute Gasteiger partial charge is 0.387 e. The summed E-state index contributed by atoms with van der Waals surface area (Å²) in [4.78, 5) is 12.5. The fraction of sp³-hybridized carbons (Fsp3) is 0.250. The zero-order chi connectivity index (χ0) is 24.7. The molecular formula is C28H28F2O4. The van der Waals surface area contributed by atoms with E-state index in [4.69, 9.17) is 9.47 Å². The van der Waals surface area contributed by atoms with Gasteiger partial charge in [-0.3, -0.25) is 4.79 Å². The van der Waals surface area contributed by atoms with E-state index in [9.17, 15) is 13.6 Å². The summed E-state index contributed by atoms with van der Waals surface area (Å²) >= 11 is 0. The molecule has 0 N–H and O–H groups in total. The Morgan fingerprint density at radius 2 is 1.71 bits per heavy atom. The third-order valence-corrected chi connectivity index (χ3v) is 5.19. The molecule has 0 spiro atoms. The molecule has 3 rings (SSSR count). The molecule has 0 heterocycles. The highest BCUT2D eigenvalue weighted by molar-refractivity contribution is 6.07. The average molecular weight is 467 g/mol. The van der Waals surface area contributed by atoms with E-state index in [1.54, 1.807) is 19.3 Å². The van der Waals surface area contributed by atoms with Crippen molar-refractivity contribution in [3.05, 3.63) is 95.1 Å². The Labute approximate surface area is 198 Å². The lowest BCUT2D eigenvalue weighted by Gasteiger charge is -2.19. The van der Waals surface area contributed by atoms with Crippen LogP contribution in [0.5, 0.6) is 17.2 Å². The molecule has 0 unspecified atom stereocenters. The highest BCUT2D eigenvalue weighted by Crippen LogP contribution is 2.26. The quantitative estimate of drug-likeness (QED) is 0.250. The first-order chi connectivity index (χ1) is 16.2. The molecule has 0 aliphatic heterocycles. The monoisotopic (exact) mass is 466 g/mol. The minimum atomic E-state index is -2.95. The lowest BCUT2D eigenvalue weighted by molar-refractivity contribution is -0.0498. The number of ether oxygens (including phenoxy) is 3. The molecule has 0 fully saturated rings. The second-order valence-electron chi connectivity index (χ2n) is 8.74. The highest BCUT2D eigenvalue weighted by atomic mass is 19.3. The predicted molar refractivity (Wildman–Crippen MR) is 129 cm³/mol. The van der Waals surface area contributed by atoms with Gasteiger partial charge in [0.25, 0.3) is 0 Å². The van der Waals surface area contributed by atoms with Crippen molar-refractivity contribution in [3.63, 3.8) is 0 Å². The summed E-state index contributed by atoms with van der Waals surface area (Å²) in [5.74, 6) is 1.03. The van der Waals surface area contributed by atoms with E-state index in [1.165, 1.54) is 29.8 Å². The number of ketones is 1. The predicted octanol–water partition coefficient (Wildman–Crippen LogP) is 7.07. The van der Waals surface area contributed by atoms with Gasteiger partial charge in [0.1, 0.15) is 23.9 Å². The fourth-order valence-electron chi connectivity index (χ4n) is 3.32. The Kier molecular flexibility index (Phi) is 8.05. The Morgan fingerprint density at radius 3 is 2.35 bits per heavy atom. The van der Waals surface area contributed by atoms with Crippen LogP contribution in [0.4, 0.5) is 8.78 Å². The molecule has 6 heteroatoms. The van der Waals surface area contributed by atoms with E-state index in [0.29, 0.717) is 12.4 Å². The molecule has 0 amide bonds. The summed E-state index contributed by atoms with van der Waals surface area (Å²) < 4.78 is 40.6. The number of carbonyl (C=O) groups excluding carboxylic acids is 1. The summed E-state index contributed by atoms with van der Waals surface area (Å²) in [5, 5.41) is 0. The van der Waals surface area contributed by atoms with Gasteiger partial charge in [-0.05, 0) is 59.0 Å². The molecule has 3 aromatic rings. The molecule has 3 aromatic carbocycles. The van der Waals surface area contributed by atoms with E-state index in [0.717, 1.165) is 16.9 Å². The Morgan fingerprint density at radius 1 is 0.971 bits per heavy atom. The van der Waals surface area contributed by atoms with E-state index >= 15 is 0 Å². The number of methoxy groups -OCH3 is 1. The van der Waals surface area contributed by atoms with Crippen molar-refractivity contribution in [2.75, 3.05) is 7.11 Å². The summed E-state index contributed by atoms with van der Waals surface area (Å²) in [6.45, 7) is 3.82. The van der Waals surface area contributed by atoms with Crippen LogP contribution in [-0.2, 0) is 12.0 Å². The van der Waals surface area contributed by atoms with Crippen molar-refractivity contribution in [1.82, 2.24) is 0 Å². The van der Waals surface area contributed by atoms with Crippen LogP contribution >= 0.6 is 0 Å². The number of hydrogen-bond donors (Lipinski definition) is 0. The van der Waals surface area contributed by atoms with Gasteiger partial charge in [-0.2, -0.15) is 8.78 Å². The van der Waals surface area contributed by atoms with E-state index in [2.05, 4.69) is 37.6 Å². The SMILES string of the molecule is COc1ccc(/C=C/C(=O)c2cccc(OC(F)F)c2)cc1COc1ccc(C(C)(C)C)cc1. The number of carbonyl (C=O) groups is 1.